The van der Waals surface area contributed by atoms with Crippen LogP contribution >= 0.6 is 0 Å². The molecular weight excluding hydrogens is 274 g/mol. The van der Waals surface area contributed by atoms with Gasteiger partial charge in [-0.05, 0) is 24.3 Å². The molecule has 0 saturated carbocycles. The number of rotatable bonds is 0. The lowest BCUT2D eigenvalue weighted by Crippen LogP contribution is -1.87. The van der Waals surface area contributed by atoms with Gasteiger partial charge in [0.1, 0.15) is 11.3 Å². The summed E-state index contributed by atoms with van der Waals surface area (Å²) < 4.78 is 0. The van der Waals surface area contributed by atoms with Gasteiger partial charge in [0.25, 0.3) is 0 Å². The normalized spacial score (nSPS) is 10.2. The van der Waals surface area contributed by atoms with Crippen molar-refractivity contribution in [2.45, 2.75) is 0 Å². The maximum Gasteiger partial charge on any atom is 0.141 e. The summed E-state index contributed by atoms with van der Waals surface area (Å²) in [6, 6.07) is 18.8. The van der Waals surface area contributed by atoms with Crippen LogP contribution in [0.1, 0.15) is 0 Å². The summed E-state index contributed by atoms with van der Waals surface area (Å²) >= 11 is 0. The van der Waals surface area contributed by atoms with Crippen molar-refractivity contribution in [2.24, 2.45) is 0 Å². The van der Waals surface area contributed by atoms with Crippen LogP contribution < -0.4 is 5.73 Å². The number of pyridine rings is 2. The second kappa shape index (κ2) is 6.10. The van der Waals surface area contributed by atoms with Crippen molar-refractivity contribution in [3.63, 3.8) is 0 Å². The summed E-state index contributed by atoms with van der Waals surface area (Å²) in [4.78, 5) is 8.19. The van der Waals surface area contributed by atoms with E-state index in [4.69, 9.17) is 5.73 Å². The highest BCUT2D eigenvalue weighted by atomic mass is 16.3. The van der Waals surface area contributed by atoms with E-state index in [0.29, 0.717) is 5.52 Å². The molecule has 0 saturated heterocycles. The summed E-state index contributed by atoms with van der Waals surface area (Å²) in [5.41, 5.74) is 7.98. The zero-order valence-corrected chi connectivity index (χ0v) is 11.8. The number of hydrogen-bond acceptors (Lipinski definition) is 4. The molecule has 0 amide bonds. The summed E-state index contributed by atoms with van der Waals surface area (Å²) in [6.07, 6.45) is 3.42. The Hall–Kier alpha value is -3.14. The quantitative estimate of drug-likeness (QED) is 0.483. The molecule has 4 rings (SSSR count). The Morgan fingerprint density at radius 2 is 1.23 bits per heavy atom. The molecule has 0 bridgehead atoms. The van der Waals surface area contributed by atoms with Crippen molar-refractivity contribution in [2.75, 3.05) is 5.73 Å². The van der Waals surface area contributed by atoms with Gasteiger partial charge in [0, 0.05) is 23.2 Å². The van der Waals surface area contributed by atoms with E-state index in [1.54, 1.807) is 24.5 Å². The van der Waals surface area contributed by atoms with Crippen molar-refractivity contribution in [1.82, 2.24) is 9.97 Å². The van der Waals surface area contributed by atoms with Crippen molar-refractivity contribution in [3.8, 4) is 5.75 Å². The maximum atomic E-state index is 9.31. The molecule has 22 heavy (non-hydrogen) atoms. The van der Waals surface area contributed by atoms with Crippen LogP contribution in [0.5, 0.6) is 5.75 Å². The minimum absolute atomic E-state index is 0.239. The fourth-order valence-corrected chi connectivity index (χ4v) is 2.22. The molecule has 108 valence electrons. The zero-order valence-electron chi connectivity index (χ0n) is 11.8. The predicted molar refractivity (Wildman–Crippen MR) is 89.6 cm³/mol. The third-order valence-corrected chi connectivity index (χ3v) is 3.28. The minimum Gasteiger partial charge on any atom is -0.506 e. The van der Waals surface area contributed by atoms with E-state index in [0.717, 1.165) is 22.0 Å². The van der Waals surface area contributed by atoms with Crippen molar-refractivity contribution in [1.29, 1.82) is 0 Å². The van der Waals surface area contributed by atoms with E-state index in [1.165, 1.54) is 0 Å². The van der Waals surface area contributed by atoms with Crippen LogP contribution in [0.25, 0.3) is 21.8 Å². The fraction of sp³-hybridized carbons (Fsp3) is 0. The number of hydrogen-bond donors (Lipinski definition) is 2. The van der Waals surface area contributed by atoms with Gasteiger partial charge in [0.2, 0.25) is 0 Å². The van der Waals surface area contributed by atoms with Gasteiger partial charge in [-0.3, -0.25) is 9.97 Å². The number of anilines is 1. The number of benzene rings is 2. The minimum atomic E-state index is 0.239. The van der Waals surface area contributed by atoms with Gasteiger partial charge >= 0.3 is 0 Å². The summed E-state index contributed by atoms with van der Waals surface area (Å²) in [7, 11) is 0. The third-order valence-electron chi connectivity index (χ3n) is 3.28. The molecule has 0 aliphatic rings. The Bertz CT molecular complexity index is 834. The topological polar surface area (TPSA) is 72.0 Å². The molecule has 0 unspecified atom stereocenters. The van der Waals surface area contributed by atoms with Gasteiger partial charge in [-0.15, -0.1) is 0 Å². The van der Waals surface area contributed by atoms with E-state index in [1.807, 2.05) is 48.5 Å². The number of nitrogens with two attached hydrogens (primary N) is 1. The predicted octanol–water partition coefficient (Wildman–Crippen LogP) is 3.76. The van der Waals surface area contributed by atoms with Gasteiger partial charge in [-0.1, -0.05) is 36.4 Å². The van der Waals surface area contributed by atoms with Crippen LogP contribution in [-0.2, 0) is 0 Å². The van der Waals surface area contributed by atoms with E-state index in [9.17, 15) is 5.11 Å². The zero-order chi connectivity index (χ0) is 15.4. The smallest absolute Gasteiger partial charge is 0.141 e. The lowest BCUT2D eigenvalue weighted by Gasteiger charge is -1.97. The van der Waals surface area contributed by atoms with Gasteiger partial charge in [0.15, 0.2) is 0 Å². The third kappa shape index (κ3) is 2.81. The standard InChI is InChI=1S/C9H8N2.C9H7NO/c10-8-5-1-3-7-4-2-6-11-9(7)8;11-8-5-1-3-7-4-2-6-10-9(7)8/h1-6H,10H2;1-6,11H. The molecule has 2 heterocycles. The van der Waals surface area contributed by atoms with Crippen LogP contribution in [0.4, 0.5) is 5.69 Å². The first kappa shape index (κ1) is 13.8. The molecule has 0 aliphatic carbocycles. The first-order valence-electron chi connectivity index (χ1n) is 6.87. The second-order valence-corrected chi connectivity index (χ2v) is 4.77. The fourth-order valence-electron chi connectivity index (χ4n) is 2.22. The molecule has 2 aromatic heterocycles. The van der Waals surface area contributed by atoms with Crippen LogP contribution in [0, 0.1) is 0 Å². The van der Waals surface area contributed by atoms with Crippen LogP contribution in [-0.4, -0.2) is 15.1 Å². The van der Waals surface area contributed by atoms with Crippen LogP contribution in [0.15, 0.2) is 73.1 Å². The second-order valence-electron chi connectivity index (χ2n) is 4.77. The number of aromatic nitrogens is 2. The van der Waals surface area contributed by atoms with Crippen LogP contribution in [0.3, 0.4) is 0 Å². The van der Waals surface area contributed by atoms with E-state index in [-0.39, 0.29) is 5.75 Å². The average Bonchev–Trinajstić information content (AvgIpc) is 2.57. The Labute approximate surface area is 127 Å². The SMILES string of the molecule is Nc1cccc2cccnc12.Oc1cccc2cccnc12. The largest absolute Gasteiger partial charge is 0.506 e. The van der Waals surface area contributed by atoms with E-state index < -0.39 is 0 Å². The highest BCUT2D eigenvalue weighted by Gasteiger charge is 1.96. The van der Waals surface area contributed by atoms with Crippen LogP contribution in [0.2, 0.25) is 0 Å². The number of phenolic OH excluding ortho intramolecular Hbond substituents is 1. The first-order valence-corrected chi connectivity index (χ1v) is 6.87. The molecule has 0 radical (unpaired) electrons. The van der Waals surface area contributed by atoms with E-state index in [2.05, 4.69) is 9.97 Å². The summed E-state index contributed by atoms with van der Waals surface area (Å²) in [6.45, 7) is 0. The van der Waals surface area contributed by atoms with Gasteiger partial charge in [-0.2, -0.15) is 0 Å². The molecule has 2 aromatic carbocycles. The molecular formula is C18H15N3O. The molecule has 0 spiro atoms. The van der Waals surface area contributed by atoms with Crippen molar-refractivity contribution in [3.05, 3.63) is 73.1 Å². The van der Waals surface area contributed by atoms with Gasteiger partial charge < -0.3 is 10.8 Å². The lowest BCUT2D eigenvalue weighted by atomic mass is 10.2. The average molecular weight is 289 g/mol. The number of nitrogens with zero attached hydrogens (tertiary/aromatic N) is 2. The molecule has 4 heteroatoms. The Kier molecular flexibility index (Phi) is 3.83. The number of nitrogen functional groups attached to an aromatic ring is 1. The highest BCUT2D eigenvalue weighted by molar-refractivity contribution is 5.88. The summed E-state index contributed by atoms with van der Waals surface area (Å²) in [5.74, 6) is 0.239. The Morgan fingerprint density at radius 3 is 1.86 bits per heavy atom. The molecule has 4 aromatic rings. The molecule has 3 N–H and O–H groups in total. The number of para-hydroxylation sites is 2. The highest BCUT2D eigenvalue weighted by Crippen LogP contribution is 2.20. The summed E-state index contributed by atoms with van der Waals surface area (Å²) in [5, 5.41) is 11.4. The Balaban J connectivity index is 0.000000131. The maximum absolute atomic E-state index is 9.31. The Morgan fingerprint density at radius 1 is 0.682 bits per heavy atom. The van der Waals surface area contributed by atoms with Gasteiger partial charge in [-0.25, -0.2) is 0 Å². The first-order chi connectivity index (χ1) is 10.8. The lowest BCUT2D eigenvalue weighted by molar-refractivity contribution is 0.480. The van der Waals surface area contributed by atoms with Crippen molar-refractivity contribution < 1.29 is 5.11 Å². The molecule has 0 aliphatic heterocycles. The molecule has 0 fully saturated rings. The number of aromatic hydroxyl groups is 1. The number of phenols is 1. The van der Waals surface area contributed by atoms with E-state index >= 15 is 0 Å². The monoisotopic (exact) mass is 289 g/mol. The molecule has 4 nitrogen and oxygen atoms in total. The molecule has 0 atom stereocenters. The number of fused-ring (bicyclic) bond motifs is 2. The van der Waals surface area contributed by atoms with Crippen molar-refractivity contribution >= 4 is 27.5 Å². The van der Waals surface area contributed by atoms with Gasteiger partial charge in [0.05, 0.1) is 11.2 Å².